The molecule has 2 heterocycles. The molecule has 7 heteroatoms. The Hall–Kier alpha value is -3.61. The average molecular weight is 419 g/mol. The van der Waals surface area contributed by atoms with Gasteiger partial charge >= 0.3 is 0 Å². The van der Waals surface area contributed by atoms with Crippen molar-refractivity contribution in [3.05, 3.63) is 76.1 Å². The first-order chi connectivity index (χ1) is 15.0. The first-order valence-corrected chi connectivity index (χ1v) is 10.2. The van der Waals surface area contributed by atoms with E-state index >= 15 is 0 Å². The summed E-state index contributed by atoms with van der Waals surface area (Å²) in [5, 5.41) is 4.47. The highest BCUT2D eigenvalue weighted by molar-refractivity contribution is 5.80. The van der Waals surface area contributed by atoms with E-state index in [-0.39, 0.29) is 11.5 Å². The van der Waals surface area contributed by atoms with Crippen LogP contribution in [0.5, 0.6) is 11.5 Å². The Morgan fingerprint density at radius 3 is 2.35 bits per heavy atom. The lowest BCUT2D eigenvalue weighted by Crippen LogP contribution is -2.42. The predicted molar refractivity (Wildman–Crippen MR) is 117 cm³/mol. The van der Waals surface area contributed by atoms with Crippen LogP contribution in [0.3, 0.4) is 0 Å². The van der Waals surface area contributed by atoms with Crippen LogP contribution in [-0.4, -0.2) is 41.4 Å². The number of carbonyl (C=O) groups is 1. The van der Waals surface area contributed by atoms with Crippen LogP contribution >= 0.6 is 0 Å². The number of aromatic nitrogens is 2. The maximum absolute atomic E-state index is 13.3. The van der Waals surface area contributed by atoms with Crippen LogP contribution in [0.4, 0.5) is 0 Å². The molecule has 1 aliphatic rings. The monoisotopic (exact) mass is 419 g/mol. The van der Waals surface area contributed by atoms with Crippen LogP contribution in [-0.2, 0) is 17.8 Å². The third kappa shape index (κ3) is 4.03. The fraction of sp³-hybridized carbons (Fsp3) is 0.292. The number of hydrogen-bond acceptors (Lipinski definition) is 5. The zero-order chi connectivity index (χ0) is 22.0. The molecule has 2 aromatic carbocycles. The molecule has 0 spiro atoms. The fourth-order valence-corrected chi connectivity index (χ4v) is 3.91. The molecule has 160 valence electrons. The maximum Gasteiger partial charge on any atom is 0.267 e. The number of nitrogens with zero attached hydrogens (tertiary/aromatic N) is 3. The van der Waals surface area contributed by atoms with Crippen molar-refractivity contribution in [2.45, 2.75) is 25.9 Å². The standard InChI is InChI=1S/C24H25N3O4/c1-16(27-23(28)10-9-20(25-27)17-7-5-4-6-8-17)24(29)26-12-11-18-13-21(30-2)22(31-3)14-19(18)15-26/h4-10,13-14,16H,11-12,15H2,1-3H3. The van der Waals surface area contributed by atoms with Crippen LogP contribution in [0.15, 0.2) is 59.4 Å². The van der Waals surface area contributed by atoms with Crippen LogP contribution in [0.25, 0.3) is 11.3 Å². The van der Waals surface area contributed by atoms with Gasteiger partial charge in [0.25, 0.3) is 5.56 Å². The van der Waals surface area contributed by atoms with Crippen molar-refractivity contribution in [1.82, 2.24) is 14.7 Å². The molecular formula is C24H25N3O4. The molecule has 3 aromatic rings. The SMILES string of the molecule is COc1cc2c(cc1OC)CN(C(=O)C(C)n1nc(-c3ccccc3)ccc1=O)CC2. The van der Waals surface area contributed by atoms with Crippen molar-refractivity contribution < 1.29 is 14.3 Å². The van der Waals surface area contributed by atoms with E-state index in [2.05, 4.69) is 5.10 Å². The second-order valence-corrected chi connectivity index (χ2v) is 7.53. The van der Waals surface area contributed by atoms with Gasteiger partial charge in [-0.15, -0.1) is 0 Å². The Balaban J connectivity index is 1.59. The minimum atomic E-state index is -0.710. The number of methoxy groups -OCH3 is 2. The number of amides is 1. The number of carbonyl (C=O) groups excluding carboxylic acids is 1. The number of ether oxygens (including phenoxy) is 2. The second-order valence-electron chi connectivity index (χ2n) is 7.53. The van der Waals surface area contributed by atoms with Gasteiger partial charge < -0.3 is 14.4 Å². The maximum atomic E-state index is 13.3. The zero-order valence-electron chi connectivity index (χ0n) is 17.9. The third-order valence-electron chi connectivity index (χ3n) is 5.65. The molecule has 31 heavy (non-hydrogen) atoms. The van der Waals surface area contributed by atoms with E-state index in [0.717, 1.165) is 16.7 Å². The van der Waals surface area contributed by atoms with E-state index < -0.39 is 6.04 Å². The quantitative estimate of drug-likeness (QED) is 0.636. The summed E-state index contributed by atoms with van der Waals surface area (Å²) in [7, 11) is 3.20. The van der Waals surface area contributed by atoms with Crippen LogP contribution in [0.2, 0.25) is 0 Å². The Bertz CT molecular complexity index is 1160. The van der Waals surface area contributed by atoms with Gasteiger partial charge in [-0.3, -0.25) is 9.59 Å². The molecule has 7 nitrogen and oxygen atoms in total. The van der Waals surface area contributed by atoms with Crippen molar-refractivity contribution >= 4 is 5.91 Å². The van der Waals surface area contributed by atoms with Crippen LogP contribution in [0, 0.1) is 0 Å². The molecule has 0 radical (unpaired) electrons. The lowest BCUT2D eigenvalue weighted by atomic mass is 9.98. The summed E-state index contributed by atoms with van der Waals surface area (Å²) in [5.74, 6) is 1.18. The van der Waals surface area contributed by atoms with E-state index in [1.807, 2.05) is 42.5 Å². The highest BCUT2D eigenvalue weighted by Gasteiger charge is 2.28. The van der Waals surface area contributed by atoms with Gasteiger partial charge in [0.1, 0.15) is 6.04 Å². The highest BCUT2D eigenvalue weighted by atomic mass is 16.5. The van der Waals surface area contributed by atoms with Gasteiger partial charge in [0.15, 0.2) is 11.5 Å². The fourth-order valence-electron chi connectivity index (χ4n) is 3.91. The van der Waals surface area contributed by atoms with E-state index in [9.17, 15) is 9.59 Å². The van der Waals surface area contributed by atoms with E-state index in [4.69, 9.17) is 9.47 Å². The molecule has 0 bridgehead atoms. The van der Waals surface area contributed by atoms with Crippen LogP contribution < -0.4 is 15.0 Å². The van der Waals surface area contributed by atoms with E-state index in [1.165, 1.54) is 10.7 Å². The van der Waals surface area contributed by atoms with Gasteiger partial charge in [-0.1, -0.05) is 30.3 Å². The minimum absolute atomic E-state index is 0.139. The Morgan fingerprint density at radius 2 is 1.68 bits per heavy atom. The minimum Gasteiger partial charge on any atom is -0.493 e. The average Bonchev–Trinajstić information content (AvgIpc) is 2.82. The van der Waals surface area contributed by atoms with Crippen molar-refractivity contribution in [2.24, 2.45) is 0 Å². The molecular weight excluding hydrogens is 394 g/mol. The molecule has 1 atom stereocenters. The van der Waals surface area contributed by atoms with Crippen molar-refractivity contribution in [3.63, 3.8) is 0 Å². The Kier molecular flexibility index (Phi) is 5.75. The molecule has 4 rings (SSSR count). The molecule has 0 aliphatic carbocycles. The molecule has 1 unspecified atom stereocenters. The number of fused-ring (bicyclic) bond motifs is 1. The van der Waals surface area contributed by atoms with Gasteiger partial charge in [-0.05, 0) is 42.7 Å². The van der Waals surface area contributed by atoms with Gasteiger partial charge in [-0.25, -0.2) is 4.68 Å². The number of benzene rings is 2. The third-order valence-corrected chi connectivity index (χ3v) is 5.65. The lowest BCUT2D eigenvalue weighted by molar-refractivity contribution is -0.135. The number of hydrogen-bond donors (Lipinski definition) is 0. The highest BCUT2D eigenvalue weighted by Crippen LogP contribution is 2.33. The van der Waals surface area contributed by atoms with Crippen LogP contribution in [0.1, 0.15) is 24.1 Å². The second kappa shape index (κ2) is 8.63. The summed E-state index contributed by atoms with van der Waals surface area (Å²) in [6.45, 7) is 2.74. The molecule has 0 N–H and O–H groups in total. The molecule has 0 fully saturated rings. The van der Waals surface area contributed by atoms with Gasteiger partial charge in [-0.2, -0.15) is 5.10 Å². The summed E-state index contributed by atoms with van der Waals surface area (Å²) >= 11 is 0. The summed E-state index contributed by atoms with van der Waals surface area (Å²) in [4.78, 5) is 27.5. The molecule has 1 amide bonds. The first kappa shape index (κ1) is 20.7. The Labute approximate surface area is 180 Å². The van der Waals surface area contributed by atoms with Gasteiger partial charge in [0, 0.05) is 24.7 Å². The van der Waals surface area contributed by atoms with Crippen molar-refractivity contribution in [2.75, 3.05) is 20.8 Å². The molecule has 0 saturated heterocycles. The topological polar surface area (TPSA) is 73.7 Å². The van der Waals surface area contributed by atoms with Crippen molar-refractivity contribution in [3.8, 4) is 22.8 Å². The number of rotatable bonds is 5. The largest absolute Gasteiger partial charge is 0.493 e. The Morgan fingerprint density at radius 1 is 1.00 bits per heavy atom. The summed E-state index contributed by atoms with van der Waals surface area (Å²) < 4.78 is 12.1. The first-order valence-electron chi connectivity index (χ1n) is 10.2. The van der Waals surface area contributed by atoms with Gasteiger partial charge in [0.05, 0.1) is 19.9 Å². The predicted octanol–water partition coefficient (Wildman–Crippen LogP) is 3.07. The summed E-state index contributed by atoms with van der Waals surface area (Å²) in [6.07, 6.45) is 0.709. The van der Waals surface area contributed by atoms with Gasteiger partial charge in [0.2, 0.25) is 5.91 Å². The zero-order valence-corrected chi connectivity index (χ0v) is 17.9. The van der Waals surface area contributed by atoms with E-state index in [1.54, 1.807) is 32.1 Å². The van der Waals surface area contributed by atoms with Crippen molar-refractivity contribution in [1.29, 1.82) is 0 Å². The molecule has 0 saturated carbocycles. The molecule has 1 aromatic heterocycles. The molecule has 1 aliphatic heterocycles. The summed E-state index contributed by atoms with van der Waals surface area (Å²) in [5.41, 5.74) is 3.40. The normalized spacial score (nSPS) is 14.0. The lowest BCUT2D eigenvalue weighted by Gasteiger charge is -2.31. The van der Waals surface area contributed by atoms with E-state index in [0.29, 0.717) is 36.7 Å². The summed E-state index contributed by atoms with van der Waals surface area (Å²) in [6, 6.07) is 15.9. The smallest absolute Gasteiger partial charge is 0.267 e.